The van der Waals surface area contributed by atoms with Crippen LogP contribution in [0.2, 0.25) is 0 Å². The van der Waals surface area contributed by atoms with Crippen molar-refractivity contribution < 1.29 is 4.79 Å². The first-order chi connectivity index (χ1) is 10.9. The first-order valence-corrected chi connectivity index (χ1v) is 8.21. The Hall–Kier alpha value is -1.93. The van der Waals surface area contributed by atoms with Crippen molar-refractivity contribution in [1.82, 2.24) is 25.9 Å². The number of carbonyl (C=O) groups is 1. The molecule has 1 heterocycles. The number of rotatable bonds is 3. The molecule has 2 rings (SSSR count). The van der Waals surface area contributed by atoms with Crippen molar-refractivity contribution in [2.75, 3.05) is 0 Å². The maximum absolute atomic E-state index is 12.1. The van der Waals surface area contributed by atoms with Gasteiger partial charge in [0.05, 0.1) is 16.2 Å². The number of nitrogens with zero attached hydrogens (tertiary/aromatic N) is 2. The van der Waals surface area contributed by atoms with Crippen molar-refractivity contribution >= 4 is 39.2 Å². The molecule has 0 radical (unpaired) electrons. The number of thiocarbonyl (C=S) groups is 1. The number of hydrogen-bond acceptors (Lipinski definition) is 3. The van der Waals surface area contributed by atoms with E-state index < -0.39 is 0 Å². The molecular weight excluding hydrogens is 378 g/mol. The summed E-state index contributed by atoms with van der Waals surface area (Å²) in [6.45, 7) is 3.86. The molecule has 0 unspecified atom stereocenters. The molecule has 0 aliphatic rings. The van der Waals surface area contributed by atoms with Crippen molar-refractivity contribution in [3.8, 4) is 0 Å². The molecule has 2 aromatic rings. The third-order valence-corrected chi connectivity index (χ3v) is 4.58. The second-order valence-electron chi connectivity index (χ2n) is 5.06. The Kier molecular flexibility index (Phi) is 5.73. The zero-order valence-electron chi connectivity index (χ0n) is 13.1. The molecule has 1 aromatic heterocycles. The SMILES string of the molecule is Cc1c(Br)c(C(=O)NNC(=S)N[C@@H](C)c2ccccc2)nn1C. The molecule has 0 bridgehead atoms. The van der Waals surface area contributed by atoms with E-state index in [2.05, 4.69) is 37.2 Å². The van der Waals surface area contributed by atoms with Crippen LogP contribution in [-0.2, 0) is 7.05 Å². The normalized spacial score (nSPS) is 11.7. The zero-order valence-corrected chi connectivity index (χ0v) is 15.5. The molecule has 1 atom stereocenters. The van der Waals surface area contributed by atoms with E-state index in [9.17, 15) is 4.79 Å². The van der Waals surface area contributed by atoms with E-state index in [1.165, 1.54) is 0 Å². The largest absolute Gasteiger partial charge is 0.355 e. The molecule has 0 aliphatic carbocycles. The first-order valence-electron chi connectivity index (χ1n) is 7.01. The number of hydrogen-bond donors (Lipinski definition) is 3. The van der Waals surface area contributed by atoms with Gasteiger partial charge >= 0.3 is 0 Å². The fraction of sp³-hybridized carbons (Fsp3) is 0.267. The standard InChI is InChI=1S/C15H18BrN5OS/c1-9(11-7-5-4-6-8-11)17-15(23)19-18-14(22)13-12(16)10(2)21(3)20-13/h4-9H,1-3H3,(H,18,22)(H2,17,19,23)/t9-/m0/s1. The van der Waals surface area contributed by atoms with Crippen molar-refractivity contribution in [1.29, 1.82) is 0 Å². The molecule has 0 spiro atoms. The van der Waals surface area contributed by atoms with Crippen LogP contribution in [0.4, 0.5) is 0 Å². The summed E-state index contributed by atoms with van der Waals surface area (Å²) in [6, 6.07) is 9.93. The monoisotopic (exact) mass is 395 g/mol. The summed E-state index contributed by atoms with van der Waals surface area (Å²) in [4.78, 5) is 12.1. The number of amides is 1. The molecule has 8 heteroatoms. The predicted octanol–water partition coefficient (Wildman–Crippen LogP) is 2.36. The fourth-order valence-electron chi connectivity index (χ4n) is 1.96. The van der Waals surface area contributed by atoms with Crippen molar-refractivity contribution in [3.05, 3.63) is 51.8 Å². The molecule has 0 saturated heterocycles. The van der Waals surface area contributed by atoms with Crippen LogP contribution in [-0.4, -0.2) is 20.8 Å². The summed E-state index contributed by atoms with van der Waals surface area (Å²) in [7, 11) is 1.78. The first kappa shape index (κ1) is 17.4. The van der Waals surface area contributed by atoms with Gasteiger partial charge in [0.1, 0.15) is 0 Å². The Balaban J connectivity index is 1.89. The van der Waals surface area contributed by atoms with Gasteiger partial charge in [0.2, 0.25) is 0 Å². The summed E-state index contributed by atoms with van der Waals surface area (Å²) in [6.07, 6.45) is 0. The summed E-state index contributed by atoms with van der Waals surface area (Å²) in [5.41, 5.74) is 7.50. The van der Waals surface area contributed by atoms with Crippen molar-refractivity contribution in [3.63, 3.8) is 0 Å². The second kappa shape index (κ2) is 7.56. The zero-order chi connectivity index (χ0) is 17.0. The van der Waals surface area contributed by atoms with E-state index in [0.29, 0.717) is 15.3 Å². The molecule has 122 valence electrons. The molecule has 1 aromatic carbocycles. The average molecular weight is 396 g/mol. The highest BCUT2D eigenvalue weighted by atomic mass is 79.9. The highest BCUT2D eigenvalue weighted by Crippen LogP contribution is 2.19. The summed E-state index contributed by atoms with van der Waals surface area (Å²) < 4.78 is 2.29. The Bertz CT molecular complexity index is 716. The van der Waals surface area contributed by atoms with Crippen LogP contribution < -0.4 is 16.2 Å². The maximum atomic E-state index is 12.1. The van der Waals surface area contributed by atoms with Gasteiger partial charge in [-0.05, 0) is 47.6 Å². The van der Waals surface area contributed by atoms with Gasteiger partial charge < -0.3 is 5.32 Å². The van der Waals surface area contributed by atoms with E-state index >= 15 is 0 Å². The third kappa shape index (κ3) is 4.29. The molecule has 6 nitrogen and oxygen atoms in total. The van der Waals surface area contributed by atoms with Crippen molar-refractivity contribution in [2.24, 2.45) is 7.05 Å². The van der Waals surface area contributed by atoms with Gasteiger partial charge in [-0.25, -0.2) is 0 Å². The predicted molar refractivity (Wildman–Crippen MR) is 96.8 cm³/mol. The van der Waals surface area contributed by atoms with E-state index in [-0.39, 0.29) is 11.9 Å². The Labute approximate surface area is 148 Å². The van der Waals surface area contributed by atoms with Gasteiger partial charge in [0, 0.05) is 7.05 Å². The quantitative estimate of drug-likeness (QED) is 0.549. The van der Waals surface area contributed by atoms with Crippen LogP contribution >= 0.6 is 28.1 Å². The lowest BCUT2D eigenvalue weighted by atomic mass is 10.1. The molecule has 0 aliphatic heterocycles. The Morgan fingerprint density at radius 2 is 1.96 bits per heavy atom. The van der Waals surface area contributed by atoms with E-state index in [1.54, 1.807) is 11.7 Å². The minimum atomic E-state index is -0.364. The average Bonchev–Trinajstić information content (AvgIpc) is 2.81. The van der Waals surface area contributed by atoms with E-state index in [4.69, 9.17) is 12.2 Å². The molecule has 23 heavy (non-hydrogen) atoms. The third-order valence-electron chi connectivity index (χ3n) is 3.41. The van der Waals surface area contributed by atoms with Crippen molar-refractivity contribution in [2.45, 2.75) is 19.9 Å². The van der Waals surface area contributed by atoms with Crippen LogP contribution in [0.25, 0.3) is 0 Å². The summed E-state index contributed by atoms with van der Waals surface area (Å²) >= 11 is 8.55. The number of carbonyl (C=O) groups excluding carboxylic acids is 1. The lowest BCUT2D eigenvalue weighted by molar-refractivity contribution is 0.0937. The number of benzene rings is 1. The second-order valence-corrected chi connectivity index (χ2v) is 6.26. The van der Waals surface area contributed by atoms with Gasteiger partial charge in [-0.15, -0.1) is 0 Å². The number of hydrazine groups is 1. The Morgan fingerprint density at radius 1 is 1.30 bits per heavy atom. The van der Waals surface area contributed by atoms with Crippen LogP contribution in [0.5, 0.6) is 0 Å². The molecule has 0 saturated carbocycles. The maximum Gasteiger partial charge on any atom is 0.291 e. The lowest BCUT2D eigenvalue weighted by Gasteiger charge is -2.17. The minimum absolute atomic E-state index is 0.0249. The molecule has 1 amide bonds. The van der Waals surface area contributed by atoms with Gasteiger partial charge in [0.15, 0.2) is 10.8 Å². The van der Waals surface area contributed by atoms with Gasteiger partial charge in [-0.1, -0.05) is 30.3 Å². The Morgan fingerprint density at radius 3 is 2.52 bits per heavy atom. The summed E-state index contributed by atoms with van der Waals surface area (Å²) in [5.74, 6) is -0.364. The van der Waals surface area contributed by atoms with Crippen LogP contribution in [0, 0.1) is 6.92 Å². The van der Waals surface area contributed by atoms with Gasteiger partial charge in [-0.2, -0.15) is 5.10 Å². The van der Waals surface area contributed by atoms with Crippen LogP contribution in [0.15, 0.2) is 34.8 Å². The number of nitrogens with one attached hydrogen (secondary N) is 3. The highest BCUT2D eigenvalue weighted by molar-refractivity contribution is 9.10. The molecule has 3 N–H and O–H groups in total. The lowest BCUT2D eigenvalue weighted by Crippen LogP contribution is -2.47. The van der Waals surface area contributed by atoms with Gasteiger partial charge in [-0.3, -0.25) is 20.3 Å². The topological polar surface area (TPSA) is 71.0 Å². The smallest absolute Gasteiger partial charge is 0.291 e. The minimum Gasteiger partial charge on any atom is -0.355 e. The summed E-state index contributed by atoms with van der Waals surface area (Å²) in [5, 5.41) is 7.58. The molecule has 0 fully saturated rings. The van der Waals surface area contributed by atoms with Crippen LogP contribution in [0.1, 0.15) is 34.7 Å². The highest BCUT2D eigenvalue weighted by Gasteiger charge is 2.17. The fourth-order valence-corrected chi connectivity index (χ4v) is 2.70. The van der Waals surface area contributed by atoms with E-state index in [1.807, 2.05) is 44.2 Å². The number of aromatic nitrogens is 2. The molecular formula is C15H18BrN5OS. The van der Waals surface area contributed by atoms with E-state index in [0.717, 1.165) is 11.3 Å². The number of aryl methyl sites for hydroxylation is 1. The van der Waals surface area contributed by atoms with Gasteiger partial charge in [0.25, 0.3) is 5.91 Å². The number of halogens is 1. The van der Waals surface area contributed by atoms with Crippen LogP contribution in [0.3, 0.4) is 0 Å².